The van der Waals surface area contributed by atoms with Crippen molar-refractivity contribution >= 4 is 29.0 Å². The monoisotopic (exact) mass is 277 g/mol. The number of thioether (sulfide) groups is 1. The van der Waals surface area contributed by atoms with E-state index in [1.165, 1.54) is 4.90 Å². The highest BCUT2D eigenvalue weighted by Crippen LogP contribution is 2.30. The van der Waals surface area contributed by atoms with E-state index in [1.54, 1.807) is 30.6 Å². The zero-order valence-electron chi connectivity index (χ0n) is 10.7. The van der Waals surface area contributed by atoms with E-state index in [1.807, 2.05) is 13.0 Å². The fourth-order valence-corrected chi connectivity index (χ4v) is 2.46. The zero-order chi connectivity index (χ0) is 13.7. The second-order valence-corrected chi connectivity index (χ2v) is 5.08. The molecule has 5 heteroatoms. The Hall–Kier alpha value is -1.75. The predicted molar refractivity (Wildman–Crippen MR) is 75.4 cm³/mol. The summed E-state index contributed by atoms with van der Waals surface area (Å²) in [5.41, 5.74) is 0. The van der Waals surface area contributed by atoms with Gasteiger partial charge in [-0.15, -0.1) is 0 Å². The summed E-state index contributed by atoms with van der Waals surface area (Å²) in [7, 11) is 0. The van der Waals surface area contributed by atoms with Gasteiger partial charge in [0.15, 0.2) is 0 Å². The van der Waals surface area contributed by atoms with Gasteiger partial charge in [-0.05, 0) is 42.5 Å². The highest BCUT2D eigenvalue weighted by molar-refractivity contribution is 8.18. The summed E-state index contributed by atoms with van der Waals surface area (Å²) < 4.78 is 5.14. The van der Waals surface area contributed by atoms with Crippen LogP contribution < -0.4 is 0 Å². The van der Waals surface area contributed by atoms with Crippen molar-refractivity contribution in [3.05, 3.63) is 41.2 Å². The van der Waals surface area contributed by atoms with Crippen LogP contribution in [-0.2, 0) is 4.79 Å². The van der Waals surface area contributed by atoms with Crippen LogP contribution in [0.4, 0.5) is 4.79 Å². The van der Waals surface area contributed by atoms with Gasteiger partial charge in [0.25, 0.3) is 11.1 Å². The number of nitrogens with zero attached hydrogens (tertiary/aromatic N) is 1. The maximum Gasteiger partial charge on any atom is 0.293 e. The van der Waals surface area contributed by atoms with Crippen molar-refractivity contribution < 1.29 is 14.0 Å². The van der Waals surface area contributed by atoms with Crippen LogP contribution in [0.1, 0.15) is 25.5 Å². The van der Waals surface area contributed by atoms with Crippen molar-refractivity contribution in [1.29, 1.82) is 0 Å². The van der Waals surface area contributed by atoms with Gasteiger partial charge in [-0.2, -0.15) is 0 Å². The predicted octanol–water partition coefficient (Wildman–Crippen LogP) is 3.67. The molecule has 0 saturated carbocycles. The minimum Gasteiger partial charge on any atom is -0.465 e. The molecule has 2 rings (SSSR count). The van der Waals surface area contributed by atoms with E-state index in [9.17, 15) is 9.59 Å². The molecule has 2 amide bonds. The standard InChI is InChI=1S/C14H15NO3S/c1-2-3-9-15-13(16)12(19-14(15)17)8-4-6-11-7-5-10-18-11/h4-8,10H,2-3,9H2,1H3/b6-4+,12-8-. The first-order chi connectivity index (χ1) is 9.22. The maximum atomic E-state index is 12.0. The Balaban J connectivity index is 2.01. The number of allylic oxidation sites excluding steroid dienone is 2. The van der Waals surface area contributed by atoms with Crippen molar-refractivity contribution in [1.82, 2.24) is 4.90 Å². The molecule has 0 aliphatic carbocycles. The molecule has 0 bridgehead atoms. The molecule has 100 valence electrons. The molecule has 0 atom stereocenters. The molecule has 1 aromatic heterocycles. The average molecular weight is 277 g/mol. The lowest BCUT2D eigenvalue weighted by Gasteiger charge is -2.10. The fourth-order valence-electron chi connectivity index (χ4n) is 1.64. The number of rotatable bonds is 5. The third kappa shape index (κ3) is 3.38. The van der Waals surface area contributed by atoms with E-state index < -0.39 is 0 Å². The summed E-state index contributed by atoms with van der Waals surface area (Å²) in [6.45, 7) is 2.53. The van der Waals surface area contributed by atoms with Crippen LogP contribution >= 0.6 is 11.8 Å². The lowest BCUT2D eigenvalue weighted by atomic mass is 10.3. The number of unbranched alkanes of at least 4 members (excludes halogenated alkanes) is 1. The number of imide groups is 1. The van der Waals surface area contributed by atoms with E-state index in [2.05, 4.69) is 0 Å². The molecular weight excluding hydrogens is 262 g/mol. The lowest BCUT2D eigenvalue weighted by molar-refractivity contribution is -0.122. The molecule has 19 heavy (non-hydrogen) atoms. The smallest absolute Gasteiger partial charge is 0.293 e. The molecule has 1 aliphatic heterocycles. The number of amides is 2. The molecule has 0 N–H and O–H groups in total. The van der Waals surface area contributed by atoms with Gasteiger partial charge in [0.2, 0.25) is 0 Å². The van der Waals surface area contributed by atoms with Crippen molar-refractivity contribution in [3.8, 4) is 0 Å². The molecule has 0 spiro atoms. The highest BCUT2D eigenvalue weighted by Gasteiger charge is 2.33. The van der Waals surface area contributed by atoms with Crippen molar-refractivity contribution in [2.75, 3.05) is 6.54 Å². The molecular formula is C14H15NO3S. The van der Waals surface area contributed by atoms with E-state index in [0.29, 0.717) is 17.2 Å². The second-order valence-electron chi connectivity index (χ2n) is 4.08. The Morgan fingerprint density at radius 3 is 2.95 bits per heavy atom. The largest absolute Gasteiger partial charge is 0.465 e. The average Bonchev–Trinajstić information content (AvgIpc) is 2.98. The molecule has 0 aromatic carbocycles. The Morgan fingerprint density at radius 2 is 2.26 bits per heavy atom. The SMILES string of the molecule is CCCCN1C(=O)S/C(=C\C=C\c2ccco2)C1=O. The number of carbonyl (C=O) groups excluding carboxylic acids is 2. The van der Waals surface area contributed by atoms with Crippen LogP contribution in [-0.4, -0.2) is 22.6 Å². The van der Waals surface area contributed by atoms with Gasteiger partial charge in [-0.3, -0.25) is 14.5 Å². The summed E-state index contributed by atoms with van der Waals surface area (Å²) in [5, 5.41) is -0.184. The van der Waals surface area contributed by atoms with Gasteiger partial charge in [0.1, 0.15) is 5.76 Å². The number of carbonyl (C=O) groups is 2. The van der Waals surface area contributed by atoms with Crippen molar-refractivity contribution in [3.63, 3.8) is 0 Å². The van der Waals surface area contributed by atoms with Crippen molar-refractivity contribution in [2.24, 2.45) is 0 Å². The van der Waals surface area contributed by atoms with Gasteiger partial charge in [0, 0.05) is 6.54 Å². The third-order valence-electron chi connectivity index (χ3n) is 2.66. The quantitative estimate of drug-likeness (QED) is 0.770. The fraction of sp³-hybridized carbons (Fsp3) is 0.286. The maximum absolute atomic E-state index is 12.0. The van der Waals surface area contributed by atoms with E-state index in [4.69, 9.17) is 4.42 Å². The summed E-state index contributed by atoms with van der Waals surface area (Å²) >= 11 is 0.986. The van der Waals surface area contributed by atoms with E-state index in [-0.39, 0.29) is 11.1 Å². The summed E-state index contributed by atoms with van der Waals surface area (Å²) in [5.74, 6) is 0.508. The summed E-state index contributed by atoms with van der Waals surface area (Å²) in [6.07, 6.45) is 8.50. The Bertz CT molecular complexity index is 517. The molecule has 1 aliphatic rings. The minimum absolute atomic E-state index is 0.184. The van der Waals surface area contributed by atoms with Gasteiger partial charge in [0.05, 0.1) is 11.2 Å². The molecule has 1 saturated heterocycles. The number of hydrogen-bond acceptors (Lipinski definition) is 4. The Morgan fingerprint density at radius 1 is 1.42 bits per heavy atom. The number of hydrogen-bond donors (Lipinski definition) is 0. The van der Waals surface area contributed by atoms with Crippen LogP contribution in [0.25, 0.3) is 6.08 Å². The summed E-state index contributed by atoms with van der Waals surface area (Å²) in [6, 6.07) is 3.61. The Kier molecular flexibility index (Phi) is 4.63. The minimum atomic E-state index is -0.201. The van der Waals surface area contributed by atoms with Crippen LogP contribution in [0.15, 0.2) is 39.9 Å². The first kappa shape index (κ1) is 13.7. The normalized spacial score (nSPS) is 18.2. The van der Waals surface area contributed by atoms with Crippen LogP contribution in [0.3, 0.4) is 0 Å². The topological polar surface area (TPSA) is 50.5 Å². The van der Waals surface area contributed by atoms with Crippen LogP contribution in [0.2, 0.25) is 0 Å². The molecule has 1 aromatic rings. The number of furan rings is 1. The highest BCUT2D eigenvalue weighted by atomic mass is 32.2. The molecule has 0 radical (unpaired) electrons. The lowest BCUT2D eigenvalue weighted by Crippen LogP contribution is -2.29. The summed E-state index contributed by atoms with van der Waals surface area (Å²) in [4.78, 5) is 25.4. The zero-order valence-corrected chi connectivity index (χ0v) is 11.5. The molecule has 1 fully saturated rings. The third-order valence-corrected chi connectivity index (χ3v) is 3.59. The molecule has 0 unspecified atom stereocenters. The first-order valence-electron chi connectivity index (χ1n) is 6.18. The van der Waals surface area contributed by atoms with Gasteiger partial charge in [-0.1, -0.05) is 19.4 Å². The molecule has 4 nitrogen and oxygen atoms in total. The molecule has 2 heterocycles. The van der Waals surface area contributed by atoms with Gasteiger partial charge >= 0.3 is 0 Å². The Labute approximate surface area is 116 Å². The van der Waals surface area contributed by atoms with Crippen LogP contribution in [0.5, 0.6) is 0 Å². The van der Waals surface area contributed by atoms with Crippen LogP contribution in [0, 0.1) is 0 Å². The van der Waals surface area contributed by atoms with E-state index >= 15 is 0 Å². The van der Waals surface area contributed by atoms with Gasteiger partial charge in [-0.25, -0.2) is 0 Å². The first-order valence-corrected chi connectivity index (χ1v) is 6.99. The van der Waals surface area contributed by atoms with E-state index in [0.717, 1.165) is 24.6 Å². The van der Waals surface area contributed by atoms with Crippen molar-refractivity contribution in [2.45, 2.75) is 19.8 Å². The van der Waals surface area contributed by atoms with Gasteiger partial charge < -0.3 is 4.42 Å². The second kappa shape index (κ2) is 6.43.